The molecule has 2 aromatic carbocycles. The van der Waals surface area contributed by atoms with Crippen molar-refractivity contribution in [2.45, 2.75) is 52.1 Å². The minimum absolute atomic E-state index is 0.362. The van der Waals surface area contributed by atoms with Crippen LogP contribution in [-0.2, 0) is 6.42 Å². The van der Waals surface area contributed by atoms with Crippen LogP contribution in [0.5, 0.6) is 0 Å². The van der Waals surface area contributed by atoms with Gasteiger partial charge in [0.15, 0.2) is 0 Å². The predicted octanol–water partition coefficient (Wildman–Crippen LogP) is 5.44. The molecule has 0 saturated heterocycles. The molecule has 2 aromatic rings. The number of hydrogen-bond acceptors (Lipinski definition) is 1. The fourth-order valence-corrected chi connectivity index (χ4v) is 2.66. The molecule has 0 aliphatic carbocycles. The Morgan fingerprint density at radius 3 is 1.95 bits per heavy atom. The summed E-state index contributed by atoms with van der Waals surface area (Å²) in [5.41, 5.74) is 4.14. The summed E-state index contributed by atoms with van der Waals surface area (Å²) in [4.78, 5) is 0. The first-order valence-electron chi connectivity index (χ1n) is 8.10. The lowest BCUT2D eigenvalue weighted by Crippen LogP contribution is -2.22. The Kier molecular flexibility index (Phi) is 6.01. The predicted molar refractivity (Wildman–Crippen MR) is 91.5 cm³/mol. The van der Waals surface area contributed by atoms with Gasteiger partial charge in [-0.15, -0.1) is 0 Å². The van der Waals surface area contributed by atoms with E-state index in [4.69, 9.17) is 0 Å². The third-order valence-electron chi connectivity index (χ3n) is 4.10. The van der Waals surface area contributed by atoms with E-state index in [1.807, 2.05) is 0 Å². The van der Waals surface area contributed by atoms with Crippen molar-refractivity contribution in [2.24, 2.45) is 0 Å². The first kappa shape index (κ1) is 15.8. The van der Waals surface area contributed by atoms with Gasteiger partial charge in [0.05, 0.1) is 0 Å². The minimum Gasteiger partial charge on any atom is -0.304 e. The van der Waals surface area contributed by atoms with Gasteiger partial charge in [-0.1, -0.05) is 67.9 Å². The molecule has 112 valence electrons. The summed E-state index contributed by atoms with van der Waals surface area (Å²) in [6.45, 7) is 6.70. The smallest absolute Gasteiger partial charge is 0.0297 e. The maximum absolute atomic E-state index is 3.68. The first-order valence-corrected chi connectivity index (χ1v) is 8.10. The second-order valence-electron chi connectivity index (χ2n) is 5.87. The van der Waals surface area contributed by atoms with E-state index in [-0.39, 0.29) is 0 Å². The molecule has 0 radical (unpaired) electrons. The second-order valence-corrected chi connectivity index (χ2v) is 5.87. The van der Waals surface area contributed by atoms with Gasteiger partial charge in [0.25, 0.3) is 0 Å². The molecular formula is C20H27N. The Balaban J connectivity index is 1.95. The first-order chi connectivity index (χ1) is 10.2. The minimum atomic E-state index is 0.362. The second kappa shape index (κ2) is 7.99. The molecule has 0 saturated carbocycles. The molecule has 0 bridgehead atoms. The number of unbranched alkanes of at least 4 members (excludes halogenated alkanes) is 1. The van der Waals surface area contributed by atoms with E-state index in [1.54, 1.807) is 0 Å². The average molecular weight is 281 g/mol. The van der Waals surface area contributed by atoms with Gasteiger partial charge in [0, 0.05) is 12.1 Å². The highest BCUT2D eigenvalue weighted by Gasteiger charge is 2.10. The van der Waals surface area contributed by atoms with Crippen molar-refractivity contribution in [3.8, 4) is 0 Å². The van der Waals surface area contributed by atoms with E-state index in [2.05, 4.69) is 80.7 Å². The normalized spacial score (nSPS) is 13.9. The molecule has 1 N–H and O–H groups in total. The fourth-order valence-electron chi connectivity index (χ4n) is 2.66. The monoisotopic (exact) mass is 281 g/mol. The van der Waals surface area contributed by atoms with Crippen LogP contribution in [0.3, 0.4) is 0 Å². The molecule has 2 atom stereocenters. The molecule has 21 heavy (non-hydrogen) atoms. The Morgan fingerprint density at radius 2 is 1.38 bits per heavy atom. The third-order valence-corrected chi connectivity index (χ3v) is 4.10. The summed E-state index contributed by atoms with van der Waals surface area (Å²) in [6, 6.07) is 20.4. The van der Waals surface area contributed by atoms with Gasteiger partial charge in [-0.2, -0.15) is 0 Å². The van der Waals surface area contributed by atoms with Gasteiger partial charge >= 0.3 is 0 Å². The highest BCUT2D eigenvalue weighted by atomic mass is 14.9. The Labute approximate surface area is 129 Å². The molecule has 0 spiro atoms. The molecule has 0 heterocycles. The number of rotatable bonds is 7. The maximum Gasteiger partial charge on any atom is 0.0297 e. The Morgan fingerprint density at radius 1 is 0.810 bits per heavy atom. The molecule has 1 nitrogen and oxygen atoms in total. The molecule has 0 aromatic heterocycles. The van der Waals surface area contributed by atoms with Crippen LogP contribution in [-0.4, -0.2) is 0 Å². The standard InChI is InChI=1S/C20H27N/c1-4-5-9-18-12-14-20(15-13-18)17(3)21-16(2)19-10-7-6-8-11-19/h6-8,10-17,21H,4-5,9H2,1-3H3/t16-,17?/m0/s1. The van der Waals surface area contributed by atoms with Gasteiger partial charge in [0.2, 0.25) is 0 Å². The highest BCUT2D eigenvalue weighted by Crippen LogP contribution is 2.20. The van der Waals surface area contributed by atoms with Crippen molar-refractivity contribution in [1.29, 1.82) is 0 Å². The van der Waals surface area contributed by atoms with E-state index in [0.717, 1.165) is 0 Å². The number of nitrogens with one attached hydrogen (secondary N) is 1. The van der Waals surface area contributed by atoms with Gasteiger partial charge in [0.1, 0.15) is 0 Å². The topological polar surface area (TPSA) is 12.0 Å². The van der Waals surface area contributed by atoms with E-state index >= 15 is 0 Å². The highest BCUT2D eigenvalue weighted by molar-refractivity contribution is 5.26. The van der Waals surface area contributed by atoms with Crippen molar-refractivity contribution in [3.63, 3.8) is 0 Å². The van der Waals surface area contributed by atoms with E-state index in [1.165, 1.54) is 36.0 Å². The van der Waals surface area contributed by atoms with Gasteiger partial charge < -0.3 is 5.32 Å². The lowest BCUT2D eigenvalue weighted by atomic mass is 10.0. The number of benzene rings is 2. The number of aryl methyl sites for hydroxylation is 1. The van der Waals surface area contributed by atoms with Crippen LogP contribution in [0.4, 0.5) is 0 Å². The van der Waals surface area contributed by atoms with Crippen molar-refractivity contribution >= 4 is 0 Å². The van der Waals surface area contributed by atoms with Crippen LogP contribution < -0.4 is 5.32 Å². The Hall–Kier alpha value is -1.60. The molecule has 0 aliphatic heterocycles. The molecule has 1 unspecified atom stereocenters. The summed E-state index contributed by atoms with van der Waals surface area (Å²) in [7, 11) is 0. The Bertz CT molecular complexity index is 515. The van der Waals surface area contributed by atoms with Crippen LogP contribution >= 0.6 is 0 Å². The SMILES string of the molecule is CCCCc1ccc(C(C)N[C@@H](C)c2ccccc2)cc1. The van der Waals surface area contributed by atoms with E-state index in [0.29, 0.717) is 12.1 Å². The van der Waals surface area contributed by atoms with Crippen molar-refractivity contribution in [1.82, 2.24) is 5.32 Å². The summed E-state index contributed by atoms with van der Waals surface area (Å²) < 4.78 is 0. The van der Waals surface area contributed by atoms with Crippen molar-refractivity contribution < 1.29 is 0 Å². The van der Waals surface area contributed by atoms with Crippen LogP contribution in [0.25, 0.3) is 0 Å². The summed E-state index contributed by atoms with van der Waals surface area (Å²) in [6.07, 6.45) is 3.73. The van der Waals surface area contributed by atoms with Gasteiger partial charge in [-0.25, -0.2) is 0 Å². The van der Waals surface area contributed by atoms with Crippen LogP contribution in [0.1, 0.15) is 62.4 Å². The summed E-state index contributed by atoms with van der Waals surface area (Å²) in [5, 5.41) is 3.68. The molecule has 0 fully saturated rings. The summed E-state index contributed by atoms with van der Waals surface area (Å²) >= 11 is 0. The lowest BCUT2D eigenvalue weighted by molar-refractivity contribution is 0.494. The molecule has 2 rings (SSSR count). The zero-order valence-electron chi connectivity index (χ0n) is 13.5. The van der Waals surface area contributed by atoms with Crippen LogP contribution in [0.15, 0.2) is 54.6 Å². The molecule has 0 amide bonds. The van der Waals surface area contributed by atoms with E-state index < -0.39 is 0 Å². The average Bonchev–Trinajstić information content (AvgIpc) is 2.54. The van der Waals surface area contributed by atoms with Crippen LogP contribution in [0, 0.1) is 0 Å². The van der Waals surface area contributed by atoms with Gasteiger partial charge in [-0.3, -0.25) is 0 Å². The zero-order chi connectivity index (χ0) is 15.1. The fraction of sp³-hybridized carbons (Fsp3) is 0.400. The third kappa shape index (κ3) is 4.71. The summed E-state index contributed by atoms with van der Waals surface area (Å²) in [5.74, 6) is 0. The zero-order valence-corrected chi connectivity index (χ0v) is 13.5. The maximum atomic E-state index is 3.68. The quantitative estimate of drug-likeness (QED) is 0.712. The molecular weight excluding hydrogens is 254 g/mol. The largest absolute Gasteiger partial charge is 0.304 e. The molecule has 0 aliphatic rings. The van der Waals surface area contributed by atoms with Crippen molar-refractivity contribution in [2.75, 3.05) is 0 Å². The van der Waals surface area contributed by atoms with Crippen LogP contribution in [0.2, 0.25) is 0 Å². The van der Waals surface area contributed by atoms with Gasteiger partial charge in [-0.05, 0) is 43.4 Å². The molecule has 1 heteroatoms. The lowest BCUT2D eigenvalue weighted by Gasteiger charge is -2.21. The van der Waals surface area contributed by atoms with Crippen molar-refractivity contribution in [3.05, 3.63) is 71.3 Å². The number of hydrogen-bond donors (Lipinski definition) is 1. The van der Waals surface area contributed by atoms with E-state index in [9.17, 15) is 0 Å².